The number of hydrogen-bond acceptors (Lipinski definition) is 4. The van der Waals surface area contributed by atoms with Crippen molar-refractivity contribution in [2.45, 2.75) is 57.5 Å². The smallest absolute Gasteiger partial charge is 0.242 e. The second-order valence-corrected chi connectivity index (χ2v) is 8.03. The topological polar surface area (TPSA) is 67.9 Å². The van der Waals surface area contributed by atoms with Crippen molar-refractivity contribution in [2.24, 2.45) is 5.92 Å². The van der Waals surface area contributed by atoms with Gasteiger partial charge in [-0.2, -0.15) is 0 Å². The molecule has 2 fully saturated rings. The highest BCUT2D eigenvalue weighted by Crippen LogP contribution is 2.52. The summed E-state index contributed by atoms with van der Waals surface area (Å²) in [4.78, 5) is 25.5. The van der Waals surface area contributed by atoms with Crippen molar-refractivity contribution >= 4 is 11.8 Å². The molecule has 6 nitrogen and oxygen atoms in total. The van der Waals surface area contributed by atoms with Crippen LogP contribution >= 0.6 is 0 Å². The van der Waals surface area contributed by atoms with E-state index in [4.69, 9.17) is 9.47 Å². The van der Waals surface area contributed by atoms with E-state index < -0.39 is 0 Å². The van der Waals surface area contributed by atoms with Crippen LogP contribution in [0.2, 0.25) is 0 Å². The van der Waals surface area contributed by atoms with Gasteiger partial charge >= 0.3 is 0 Å². The second-order valence-electron chi connectivity index (χ2n) is 8.03. The SMILES string of the molecule is CC(=O)NCC(=O)N1CC[C@H]2O[C@H]3c4ccccc4OC(C)(C)[C@@H]3C[C@H]21. The lowest BCUT2D eigenvalue weighted by atomic mass is 9.74. The highest BCUT2D eigenvalue weighted by molar-refractivity contribution is 5.84. The molecular formula is C20H26N2O4. The van der Waals surface area contributed by atoms with E-state index in [2.05, 4.69) is 25.2 Å². The number of carbonyl (C=O) groups excluding carboxylic acids is 2. The molecule has 140 valence electrons. The second kappa shape index (κ2) is 6.27. The molecule has 0 aliphatic carbocycles. The van der Waals surface area contributed by atoms with Gasteiger partial charge < -0.3 is 19.7 Å². The van der Waals surface area contributed by atoms with Gasteiger partial charge in [-0.05, 0) is 32.8 Å². The first-order valence-electron chi connectivity index (χ1n) is 9.34. The molecule has 2 saturated heterocycles. The Morgan fingerprint density at radius 2 is 2.08 bits per heavy atom. The van der Waals surface area contributed by atoms with Gasteiger partial charge in [0.1, 0.15) is 11.4 Å². The molecule has 4 rings (SSSR count). The van der Waals surface area contributed by atoms with Crippen LogP contribution in [-0.4, -0.2) is 47.6 Å². The molecular weight excluding hydrogens is 332 g/mol. The number of nitrogens with one attached hydrogen (secondary N) is 1. The van der Waals surface area contributed by atoms with Crippen LogP contribution in [0, 0.1) is 5.92 Å². The van der Waals surface area contributed by atoms with Crippen molar-refractivity contribution in [1.82, 2.24) is 10.2 Å². The third kappa shape index (κ3) is 2.86. The normalized spacial score (nSPS) is 31.3. The number of likely N-dealkylation sites (tertiary alicyclic amines) is 1. The number of nitrogens with zero attached hydrogens (tertiary/aromatic N) is 1. The molecule has 3 aliphatic heterocycles. The molecule has 3 heterocycles. The number of rotatable bonds is 2. The van der Waals surface area contributed by atoms with Gasteiger partial charge in [0.05, 0.1) is 24.8 Å². The molecule has 3 aliphatic rings. The minimum Gasteiger partial charge on any atom is -0.487 e. The zero-order valence-corrected chi connectivity index (χ0v) is 15.5. The predicted molar refractivity (Wildman–Crippen MR) is 95.7 cm³/mol. The van der Waals surface area contributed by atoms with Crippen LogP contribution in [0.4, 0.5) is 0 Å². The predicted octanol–water partition coefficient (Wildman–Crippen LogP) is 2.04. The van der Waals surface area contributed by atoms with E-state index in [9.17, 15) is 9.59 Å². The standard InChI is InChI=1S/C20H26N2O4/c1-12(23)21-11-18(24)22-9-8-17-15(22)10-14-19(25-17)13-6-4-5-7-16(13)26-20(14,2)3/h4-7,14-15,17,19H,8-11H2,1-3H3,(H,21,23)/t14-,15-,17-,19+/m1/s1. The van der Waals surface area contributed by atoms with Crippen LogP contribution in [0.3, 0.4) is 0 Å². The Labute approximate surface area is 153 Å². The van der Waals surface area contributed by atoms with Crippen molar-refractivity contribution in [3.05, 3.63) is 29.8 Å². The summed E-state index contributed by atoms with van der Waals surface area (Å²) in [5.74, 6) is 0.846. The molecule has 0 spiro atoms. The van der Waals surface area contributed by atoms with Crippen molar-refractivity contribution in [2.75, 3.05) is 13.1 Å². The number of fused-ring (bicyclic) bond motifs is 4. The Morgan fingerprint density at radius 3 is 2.85 bits per heavy atom. The summed E-state index contributed by atoms with van der Waals surface area (Å²) in [6.45, 7) is 6.35. The molecule has 2 amide bonds. The summed E-state index contributed by atoms with van der Waals surface area (Å²) in [7, 11) is 0. The minimum absolute atomic E-state index is 0.00148. The molecule has 6 heteroatoms. The minimum atomic E-state index is -0.362. The fourth-order valence-electron chi connectivity index (χ4n) is 4.65. The van der Waals surface area contributed by atoms with Crippen molar-refractivity contribution in [3.63, 3.8) is 0 Å². The van der Waals surface area contributed by atoms with Gasteiger partial charge in [-0.25, -0.2) is 0 Å². The summed E-state index contributed by atoms with van der Waals surface area (Å²) < 4.78 is 12.8. The fourth-order valence-corrected chi connectivity index (χ4v) is 4.65. The van der Waals surface area contributed by atoms with Gasteiger partial charge in [0.25, 0.3) is 0 Å². The molecule has 1 aromatic carbocycles. The third-order valence-electron chi connectivity index (χ3n) is 5.97. The van der Waals surface area contributed by atoms with Crippen LogP contribution in [-0.2, 0) is 14.3 Å². The average Bonchev–Trinajstić information content (AvgIpc) is 3.01. The molecule has 1 aromatic rings. The van der Waals surface area contributed by atoms with Crippen LogP contribution < -0.4 is 10.1 Å². The lowest BCUT2D eigenvalue weighted by Gasteiger charge is -2.50. The van der Waals surface area contributed by atoms with Crippen LogP contribution in [0.1, 0.15) is 45.3 Å². The maximum absolute atomic E-state index is 12.5. The van der Waals surface area contributed by atoms with E-state index in [0.29, 0.717) is 6.54 Å². The van der Waals surface area contributed by atoms with E-state index in [-0.39, 0.29) is 48.1 Å². The first kappa shape index (κ1) is 17.3. The average molecular weight is 358 g/mol. The number of hydrogen-bond donors (Lipinski definition) is 1. The first-order chi connectivity index (χ1) is 12.4. The molecule has 0 aromatic heterocycles. The zero-order chi connectivity index (χ0) is 18.5. The molecule has 0 saturated carbocycles. The van der Waals surface area contributed by atoms with E-state index in [0.717, 1.165) is 24.2 Å². The molecule has 0 bridgehead atoms. The maximum Gasteiger partial charge on any atom is 0.242 e. The molecule has 1 N–H and O–H groups in total. The molecule has 26 heavy (non-hydrogen) atoms. The summed E-state index contributed by atoms with van der Waals surface area (Å²) in [6.07, 6.45) is 1.73. The number of carbonyl (C=O) groups is 2. The van der Waals surface area contributed by atoms with Gasteiger partial charge in [0.2, 0.25) is 11.8 Å². The van der Waals surface area contributed by atoms with Crippen LogP contribution in [0.5, 0.6) is 5.75 Å². The molecule has 0 radical (unpaired) electrons. The highest BCUT2D eigenvalue weighted by Gasteiger charge is 2.53. The maximum atomic E-state index is 12.5. The van der Waals surface area contributed by atoms with Gasteiger partial charge in [0, 0.05) is 24.9 Å². The Bertz CT molecular complexity index is 732. The lowest BCUT2D eigenvalue weighted by molar-refractivity contribution is -0.167. The molecule has 4 atom stereocenters. The number of amides is 2. The van der Waals surface area contributed by atoms with E-state index in [1.165, 1.54) is 6.92 Å². The third-order valence-corrected chi connectivity index (χ3v) is 5.97. The summed E-state index contributed by atoms with van der Waals surface area (Å²) in [5, 5.41) is 2.61. The van der Waals surface area contributed by atoms with Crippen molar-refractivity contribution < 1.29 is 19.1 Å². The number of ether oxygens (including phenoxy) is 2. The quantitative estimate of drug-likeness (QED) is 0.879. The number of para-hydroxylation sites is 1. The summed E-state index contributed by atoms with van der Waals surface area (Å²) in [5.41, 5.74) is 0.747. The van der Waals surface area contributed by atoms with E-state index >= 15 is 0 Å². The van der Waals surface area contributed by atoms with Gasteiger partial charge in [0.15, 0.2) is 0 Å². The number of benzene rings is 1. The Balaban J connectivity index is 1.57. The first-order valence-corrected chi connectivity index (χ1v) is 9.34. The Morgan fingerprint density at radius 1 is 1.31 bits per heavy atom. The molecule has 0 unspecified atom stereocenters. The largest absolute Gasteiger partial charge is 0.487 e. The fraction of sp³-hybridized carbons (Fsp3) is 0.600. The monoisotopic (exact) mass is 358 g/mol. The Kier molecular flexibility index (Phi) is 4.18. The van der Waals surface area contributed by atoms with Gasteiger partial charge in [-0.1, -0.05) is 18.2 Å². The van der Waals surface area contributed by atoms with Gasteiger partial charge in [-0.3, -0.25) is 9.59 Å². The van der Waals surface area contributed by atoms with Crippen molar-refractivity contribution in [1.29, 1.82) is 0 Å². The summed E-state index contributed by atoms with van der Waals surface area (Å²) >= 11 is 0. The van der Waals surface area contributed by atoms with Crippen LogP contribution in [0.15, 0.2) is 24.3 Å². The lowest BCUT2D eigenvalue weighted by Crippen LogP contribution is -2.55. The highest BCUT2D eigenvalue weighted by atomic mass is 16.5. The van der Waals surface area contributed by atoms with Gasteiger partial charge in [-0.15, -0.1) is 0 Å². The van der Waals surface area contributed by atoms with E-state index in [1.54, 1.807) is 0 Å². The van der Waals surface area contributed by atoms with E-state index in [1.807, 2.05) is 23.1 Å². The summed E-state index contributed by atoms with van der Waals surface area (Å²) in [6, 6.07) is 8.13. The Hall–Kier alpha value is -2.08. The van der Waals surface area contributed by atoms with Crippen molar-refractivity contribution in [3.8, 4) is 5.75 Å². The zero-order valence-electron chi connectivity index (χ0n) is 15.5. The van der Waals surface area contributed by atoms with Crippen LogP contribution in [0.25, 0.3) is 0 Å².